The summed E-state index contributed by atoms with van der Waals surface area (Å²) in [5, 5.41) is 1.05. The number of thioether (sulfide) groups is 2. The summed E-state index contributed by atoms with van der Waals surface area (Å²) >= 11 is 3.05. The zero-order valence-electron chi connectivity index (χ0n) is 26.2. The summed E-state index contributed by atoms with van der Waals surface area (Å²) in [5.41, 5.74) is 14.3. The number of esters is 2. The lowest BCUT2D eigenvalue weighted by Gasteiger charge is -2.06. The summed E-state index contributed by atoms with van der Waals surface area (Å²) in [6, 6.07) is 8.41. The van der Waals surface area contributed by atoms with Gasteiger partial charge in [-0.05, 0) is 61.2 Å². The van der Waals surface area contributed by atoms with Gasteiger partial charge in [-0.3, -0.25) is 0 Å². The van der Waals surface area contributed by atoms with Crippen LogP contribution in [0.15, 0.2) is 46.5 Å². The predicted octanol–water partition coefficient (Wildman–Crippen LogP) is 8.43. The van der Waals surface area contributed by atoms with Crippen molar-refractivity contribution >= 4 is 35.5 Å². The van der Waals surface area contributed by atoms with E-state index >= 15 is 0 Å². The van der Waals surface area contributed by atoms with Crippen molar-refractivity contribution in [1.82, 2.24) is 0 Å². The van der Waals surface area contributed by atoms with E-state index in [4.69, 9.17) is 20.9 Å². The summed E-state index contributed by atoms with van der Waals surface area (Å²) in [4.78, 5) is 24.0. The smallest absolute Gasteiger partial charge is 0.333 e. The van der Waals surface area contributed by atoms with Gasteiger partial charge in [0, 0.05) is 0 Å². The van der Waals surface area contributed by atoms with Crippen molar-refractivity contribution in [3.63, 3.8) is 0 Å². The van der Waals surface area contributed by atoms with Gasteiger partial charge in [0.1, 0.15) is 0 Å². The van der Waals surface area contributed by atoms with Crippen LogP contribution in [0.5, 0.6) is 0 Å². The normalized spacial score (nSPS) is 12.0. The Hall–Kier alpha value is -2.06. The number of carbonyl (C=O) groups excluding carboxylic acids is 2. The van der Waals surface area contributed by atoms with Crippen LogP contribution in [-0.2, 0) is 31.9 Å². The van der Waals surface area contributed by atoms with Gasteiger partial charge >= 0.3 is 11.9 Å². The number of rotatable bonds is 26. The van der Waals surface area contributed by atoms with Crippen molar-refractivity contribution in [2.75, 3.05) is 24.7 Å². The molecular weight excluding hydrogens is 565 g/mol. The minimum atomic E-state index is -0.371. The molecule has 1 rings (SSSR count). The van der Waals surface area contributed by atoms with E-state index in [0.717, 1.165) is 50.0 Å². The molecule has 8 heteroatoms. The van der Waals surface area contributed by atoms with Gasteiger partial charge in [0.05, 0.1) is 35.4 Å². The fourth-order valence-corrected chi connectivity index (χ4v) is 5.84. The Morgan fingerprint density at radius 3 is 1.33 bits per heavy atom. The van der Waals surface area contributed by atoms with Crippen LogP contribution in [0.2, 0.25) is 0 Å². The van der Waals surface area contributed by atoms with Gasteiger partial charge in [-0.15, -0.1) is 23.5 Å². The van der Waals surface area contributed by atoms with Gasteiger partial charge in [-0.1, -0.05) is 102 Å². The van der Waals surface area contributed by atoms with E-state index in [9.17, 15) is 9.59 Å². The fourth-order valence-electron chi connectivity index (χ4n) is 4.31. The highest BCUT2D eigenvalue weighted by molar-refractivity contribution is 8.03. The predicted molar refractivity (Wildman–Crippen MR) is 181 cm³/mol. The quantitative estimate of drug-likeness (QED) is 0.0604. The largest absolute Gasteiger partial charge is 0.462 e. The lowest BCUT2D eigenvalue weighted by atomic mass is 10.0. The molecule has 4 N–H and O–H groups in total. The van der Waals surface area contributed by atoms with Crippen molar-refractivity contribution in [2.45, 2.75) is 117 Å². The van der Waals surface area contributed by atoms with Crippen molar-refractivity contribution in [2.24, 2.45) is 11.5 Å². The van der Waals surface area contributed by atoms with Crippen LogP contribution in [0.3, 0.4) is 0 Å². The topological polar surface area (TPSA) is 105 Å². The molecular formula is C34H56N2O4S2. The molecule has 1 aromatic carbocycles. The maximum absolute atomic E-state index is 12.0. The molecule has 0 heterocycles. The van der Waals surface area contributed by atoms with Crippen LogP contribution in [0.1, 0.15) is 115 Å². The van der Waals surface area contributed by atoms with Gasteiger partial charge in [0.2, 0.25) is 0 Å². The second kappa shape index (κ2) is 26.6. The van der Waals surface area contributed by atoms with E-state index in [1.807, 2.05) is 0 Å². The van der Waals surface area contributed by atoms with Gasteiger partial charge in [-0.2, -0.15) is 0 Å². The minimum Gasteiger partial charge on any atom is -0.462 e. The molecule has 0 fully saturated rings. The number of ether oxygens (including phenoxy) is 2. The average Bonchev–Trinajstić information content (AvgIpc) is 2.97. The molecule has 0 spiro atoms. The second-order valence-electron chi connectivity index (χ2n) is 10.7. The van der Waals surface area contributed by atoms with Crippen molar-refractivity contribution < 1.29 is 19.1 Å². The van der Waals surface area contributed by atoms with Crippen molar-refractivity contribution in [3.8, 4) is 0 Å². The van der Waals surface area contributed by atoms with E-state index < -0.39 is 0 Å². The van der Waals surface area contributed by atoms with E-state index in [0.29, 0.717) is 23.3 Å². The molecule has 0 radical (unpaired) electrons. The second-order valence-corrected chi connectivity index (χ2v) is 13.0. The number of unbranched alkanes of at least 4 members (excludes halogenated alkanes) is 10. The average molecular weight is 621 g/mol. The number of benzene rings is 1. The van der Waals surface area contributed by atoms with Crippen LogP contribution in [0, 0.1) is 0 Å². The first-order valence-electron chi connectivity index (χ1n) is 16.1. The van der Waals surface area contributed by atoms with Crippen LogP contribution in [-0.4, -0.2) is 36.7 Å². The monoisotopic (exact) mass is 620 g/mol. The molecule has 0 aliphatic rings. The zero-order chi connectivity index (χ0) is 30.7. The number of nitrogens with two attached hydrogens (primary N) is 2. The number of hydrogen-bond acceptors (Lipinski definition) is 8. The maximum Gasteiger partial charge on any atom is 0.333 e. The Balaban J connectivity index is 2.12. The summed E-state index contributed by atoms with van der Waals surface area (Å²) in [7, 11) is 0. The standard InChI is InChI=1S/C34H56N2O4S2/c1-3-5-7-9-11-13-25-41-31(35)27-33(37)39-23-15-17-29-19-21-30(22-20-29)18-16-24-40-34(38)28-32(36)42-26-14-12-10-8-6-4-2/h19-22,27-28H,3-18,23-26,35-36H2,1-2H3. The van der Waals surface area contributed by atoms with Gasteiger partial charge in [-0.25, -0.2) is 9.59 Å². The molecule has 0 saturated heterocycles. The van der Waals surface area contributed by atoms with Crippen molar-refractivity contribution in [3.05, 3.63) is 57.6 Å². The first kappa shape index (κ1) is 38.0. The van der Waals surface area contributed by atoms with Crippen LogP contribution in [0.25, 0.3) is 0 Å². The summed E-state index contributed by atoms with van der Waals surface area (Å²) in [5.74, 6) is 1.13. The lowest BCUT2D eigenvalue weighted by molar-refractivity contribution is -0.138. The molecule has 0 saturated carbocycles. The molecule has 42 heavy (non-hydrogen) atoms. The number of carbonyl (C=O) groups is 2. The molecule has 0 unspecified atom stereocenters. The van der Waals surface area contributed by atoms with Crippen LogP contribution in [0.4, 0.5) is 0 Å². The Kier molecular flexibility index (Phi) is 24.0. The summed E-state index contributed by atoms with van der Waals surface area (Å²) < 4.78 is 10.6. The molecule has 0 atom stereocenters. The SMILES string of the molecule is CCCCCCCCSC(N)=CC(=O)OCCCc1ccc(CCCOC(=O)C=C(N)SCCCCCCCC)cc1. The molecule has 238 valence electrons. The van der Waals surface area contributed by atoms with E-state index in [-0.39, 0.29) is 11.9 Å². The highest BCUT2D eigenvalue weighted by Gasteiger charge is 2.04. The molecule has 0 aliphatic heterocycles. The Labute approximate surface area is 264 Å². The summed E-state index contributed by atoms with van der Waals surface area (Å²) in [6.07, 6.45) is 20.9. The maximum atomic E-state index is 12.0. The van der Waals surface area contributed by atoms with Crippen LogP contribution >= 0.6 is 23.5 Å². The highest BCUT2D eigenvalue weighted by Crippen LogP contribution is 2.16. The zero-order valence-corrected chi connectivity index (χ0v) is 27.8. The summed E-state index contributed by atoms with van der Waals surface area (Å²) in [6.45, 7) is 5.18. The van der Waals surface area contributed by atoms with Gasteiger partial charge in [0.25, 0.3) is 0 Å². The third-order valence-electron chi connectivity index (χ3n) is 6.78. The lowest BCUT2D eigenvalue weighted by Crippen LogP contribution is -2.07. The third kappa shape index (κ3) is 22.5. The first-order chi connectivity index (χ1) is 20.4. The van der Waals surface area contributed by atoms with Crippen molar-refractivity contribution in [1.29, 1.82) is 0 Å². The van der Waals surface area contributed by atoms with E-state index in [1.54, 1.807) is 0 Å². The Morgan fingerprint density at radius 1 is 0.595 bits per heavy atom. The van der Waals surface area contributed by atoms with Crippen LogP contribution < -0.4 is 11.5 Å². The molecule has 6 nitrogen and oxygen atoms in total. The number of hydrogen-bond donors (Lipinski definition) is 2. The molecule has 0 amide bonds. The minimum absolute atomic E-state index is 0.369. The first-order valence-corrected chi connectivity index (χ1v) is 18.0. The van der Waals surface area contributed by atoms with E-state index in [1.165, 1.54) is 111 Å². The molecule has 1 aromatic rings. The highest BCUT2D eigenvalue weighted by atomic mass is 32.2. The molecule has 0 aromatic heterocycles. The number of aryl methyl sites for hydroxylation is 2. The Morgan fingerprint density at radius 2 is 0.952 bits per heavy atom. The van der Waals surface area contributed by atoms with Gasteiger partial charge in [0.15, 0.2) is 0 Å². The molecule has 0 bridgehead atoms. The molecule has 0 aliphatic carbocycles. The van der Waals surface area contributed by atoms with Gasteiger partial charge < -0.3 is 20.9 Å². The third-order valence-corrected chi connectivity index (χ3v) is 8.67. The van der Waals surface area contributed by atoms with E-state index in [2.05, 4.69) is 38.1 Å². The Bertz CT molecular complexity index is 830. The fraction of sp³-hybridized carbons (Fsp3) is 0.647.